The maximum absolute atomic E-state index is 12.1. The highest BCUT2D eigenvalue weighted by Crippen LogP contribution is 2.22. The van der Waals surface area contributed by atoms with Crippen LogP contribution in [0.1, 0.15) is 43.0 Å². The Hall–Kier alpha value is -2.67. The summed E-state index contributed by atoms with van der Waals surface area (Å²) in [6, 6.07) is 12.3. The molecular weight excluding hydrogens is 372 g/mol. The van der Waals surface area contributed by atoms with Gasteiger partial charge in [-0.15, -0.1) is 0 Å². The van der Waals surface area contributed by atoms with Crippen molar-refractivity contribution in [2.24, 2.45) is 0 Å². The molecule has 0 aliphatic heterocycles. The molecule has 1 N–H and O–H groups in total. The Bertz CT molecular complexity index is 872. The van der Waals surface area contributed by atoms with E-state index in [1.807, 2.05) is 26.0 Å². The lowest BCUT2D eigenvalue weighted by Gasteiger charge is -2.20. The van der Waals surface area contributed by atoms with E-state index in [0.29, 0.717) is 25.9 Å². The van der Waals surface area contributed by atoms with Crippen molar-refractivity contribution in [2.45, 2.75) is 46.2 Å². The number of carbonyl (C=O) groups is 1. The van der Waals surface area contributed by atoms with E-state index in [4.69, 9.17) is 9.40 Å². The molecule has 3 rings (SSSR count). The van der Waals surface area contributed by atoms with Crippen LogP contribution in [0, 0.1) is 6.92 Å². The molecule has 0 spiro atoms. The normalized spacial score (nSPS) is 11.0. The third-order valence-corrected chi connectivity index (χ3v) is 5.01. The number of rotatable bonds is 9. The molecule has 148 valence electrons. The van der Waals surface area contributed by atoms with E-state index in [-0.39, 0.29) is 11.9 Å². The molecule has 0 atom stereocenters. The Morgan fingerprint density at radius 3 is 2.71 bits per heavy atom. The molecule has 0 aliphatic carbocycles. The number of aromatic nitrogens is 2. The molecule has 0 fully saturated rings. The summed E-state index contributed by atoms with van der Waals surface area (Å²) in [6.45, 7) is 7.10. The second-order valence-electron chi connectivity index (χ2n) is 7.13. The zero-order chi connectivity index (χ0) is 19.9. The van der Waals surface area contributed by atoms with Crippen molar-refractivity contribution in [3.63, 3.8) is 0 Å². The smallest absolute Gasteiger partial charge is 0.221 e. The van der Waals surface area contributed by atoms with Gasteiger partial charge in [0.2, 0.25) is 11.0 Å². The molecule has 7 heteroatoms. The van der Waals surface area contributed by atoms with Crippen LogP contribution < -0.4 is 10.2 Å². The summed E-state index contributed by atoms with van der Waals surface area (Å²) in [4.78, 5) is 18.8. The second kappa shape index (κ2) is 9.50. The van der Waals surface area contributed by atoms with E-state index in [1.165, 1.54) is 22.7 Å². The second-order valence-corrected chi connectivity index (χ2v) is 7.86. The highest BCUT2D eigenvalue weighted by atomic mass is 32.1. The fourth-order valence-corrected chi connectivity index (χ4v) is 3.51. The Morgan fingerprint density at radius 1 is 1.25 bits per heavy atom. The lowest BCUT2D eigenvalue weighted by molar-refractivity contribution is -0.121. The molecular formula is C21H26N4O2S. The van der Waals surface area contributed by atoms with Crippen LogP contribution in [-0.4, -0.2) is 27.9 Å². The third kappa shape index (κ3) is 5.92. The summed E-state index contributed by atoms with van der Waals surface area (Å²) in [5, 5.41) is 3.73. The van der Waals surface area contributed by atoms with E-state index in [0.717, 1.165) is 16.7 Å². The molecule has 0 bridgehead atoms. The minimum atomic E-state index is 0.0313. The van der Waals surface area contributed by atoms with Crippen LogP contribution in [0.4, 0.5) is 5.13 Å². The van der Waals surface area contributed by atoms with Crippen molar-refractivity contribution in [3.8, 4) is 0 Å². The molecule has 2 aromatic heterocycles. The minimum absolute atomic E-state index is 0.0313. The van der Waals surface area contributed by atoms with E-state index in [9.17, 15) is 4.79 Å². The summed E-state index contributed by atoms with van der Waals surface area (Å²) in [6.07, 6.45) is 2.74. The maximum Gasteiger partial charge on any atom is 0.221 e. The predicted molar refractivity (Wildman–Crippen MR) is 112 cm³/mol. The van der Waals surface area contributed by atoms with Gasteiger partial charge in [-0.25, -0.2) is 4.98 Å². The number of aryl methyl sites for hydroxylation is 1. The summed E-state index contributed by atoms with van der Waals surface area (Å²) in [5.41, 5.74) is 2.42. The van der Waals surface area contributed by atoms with E-state index in [1.54, 1.807) is 6.26 Å². The number of furan rings is 1. The first-order chi connectivity index (χ1) is 13.5. The van der Waals surface area contributed by atoms with Gasteiger partial charge in [-0.05, 0) is 38.5 Å². The van der Waals surface area contributed by atoms with Gasteiger partial charge in [-0.1, -0.05) is 29.8 Å². The van der Waals surface area contributed by atoms with Gasteiger partial charge < -0.3 is 14.6 Å². The predicted octanol–water partition coefficient (Wildman–Crippen LogP) is 3.95. The van der Waals surface area contributed by atoms with Crippen molar-refractivity contribution >= 4 is 22.6 Å². The van der Waals surface area contributed by atoms with E-state index >= 15 is 0 Å². The zero-order valence-electron chi connectivity index (χ0n) is 16.5. The lowest BCUT2D eigenvalue weighted by atomic mass is 10.1. The van der Waals surface area contributed by atoms with E-state index in [2.05, 4.69) is 45.8 Å². The number of nitrogens with one attached hydrogen (secondary N) is 1. The summed E-state index contributed by atoms with van der Waals surface area (Å²) >= 11 is 1.36. The first kappa shape index (κ1) is 20.1. The van der Waals surface area contributed by atoms with Gasteiger partial charge in [0.25, 0.3) is 0 Å². The van der Waals surface area contributed by atoms with Gasteiger partial charge in [0.05, 0.1) is 12.8 Å². The van der Waals surface area contributed by atoms with Gasteiger partial charge in [-0.2, -0.15) is 4.37 Å². The number of hydrogen-bond donors (Lipinski definition) is 1. The standard InChI is InChI=1S/C21H26N4O2S/c1-15(2)22-20(26)10-11-25(14-18-5-4-12-27-18)21-23-19(24-28-21)13-17-8-6-16(3)7-9-17/h4-9,12,15H,10-11,13-14H2,1-3H3,(H,22,26). The van der Waals surface area contributed by atoms with Crippen LogP contribution in [0.25, 0.3) is 0 Å². The van der Waals surface area contributed by atoms with Crippen molar-refractivity contribution in [3.05, 3.63) is 65.4 Å². The van der Waals surface area contributed by atoms with Gasteiger partial charge in [0.1, 0.15) is 11.6 Å². The highest BCUT2D eigenvalue weighted by Gasteiger charge is 2.16. The van der Waals surface area contributed by atoms with Crippen LogP contribution in [0.5, 0.6) is 0 Å². The molecule has 28 heavy (non-hydrogen) atoms. The van der Waals surface area contributed by atoms with Crippen LogP contribution in [0.3, 0.4) is 0 Å². The molecule has 0 aliphatic rings. The molecule has 3 aromatic rings. The molecule has 0 saturated carbocycles. The molecule has 1 aromatic carbocycles. The number of hydrogen-bond acceptors (Lipinski definition) is 6. The number of nitrogens with zero attached hydrogens (tertiary/aromatic N) is 3. The van der Waals surface area contributed by atoms with Gasteiger partial charge in [0, 0.05) is 37.0 Å². The van der Waals surface area contributed by atoms with Crippen LogP contribution in [0.15, 0.2) is 47.1 Å². The quantitative estimate of drug-likeness (QED) is 0.591. The van der Waals surface area contributed by atoms with Crippen molar-refractivity contribution in [1.82, 2.24) is 14.7 Å². The molecule has 0 unspecified atom stereocenters. The molecule has 6 nitrogen and oxygen atoms in total. The highest BCUT2D eigenvalue weighted by molar-refractivity contribution is 7.09. The Morgan fingerprint density at radius 2 is 2.04 bits per heavy atom. The zero-order valence-corrected chi connectivity index (χ0v) is 17.3. The SMILES string of the molecule is Cc1ccc(Cc2nsc(N(CCC(=O)NC(C)C)Cc3ccco3)n2)cc1. The number of anilines is 1. The van der Waals surface area contributed by atoms with Crippen LogP contribution in [0.2, 0.25) is 0 Å². The Balaban J connectivity index is 1.69. The van der Waals surface area contributed by atoms with E-state index < -0.39 is 0 Å². The topological polar surface area (TPSA) is 71.3 Å². The first-order valence-electron chi connectivity index (χ1n) is 9.44. The number of benzene rings is 1. The third-order valence-electron chi connectivity index (χ3n) is 4.20. The van der Waals surface area contributed by atoms with Gasteiger partial charge >= 0.3 is 0 Å². The van der Waals surface area contributed by atoms with Crippen molar-refractivity contribution in [1.29, 1.82) is 0 Å². The Kier molecular flexibility index (Phi) is 6.81. The van der Waals surface area contributed by atoms with Crippen LogP contribution >= 0.6 is 11.5 Å². The molecule has 1 amide bonds. The fourth-order valence-electron chi connectivity index (χ4n) is 2.80. The average molecular weight is 399 g/mol. The minimum Gasteiger partial charge on any atom is -0.467 e. The molecule has 2 heterocycles. The summed E-state index contributed by atoms with van der Waals surface area (Å²) < 4.78 is 10.0. The summed E-state index contributed by atoms with van der Waals surface area (Å²) in [7, 11) is 0. The van der Waals surface area contributed by atoms with Crippen LogP contribution in [-0.2, 0) is 17.8 Å². The number of amides is 1. The van der Waals surface area contributed by atoms with Gasteiger partial charge in [0.15, 0.2) is 0 Å². The largest absolute Gasteiger partial charge is 0.467 e. The van der Waals surface area contributed by atoms with Gasteiger partial charge in [-0.3, -0.25) is 4.79 Å². The Labute approximate surface area is 169 Å². The monoisotopic (exact) mass is 398 g/mol. The summed E-state index contributed by atoms with van der Waals surface area (Å²) in [5.74, 6) is 1.66. The number of carbonyl (C=O) groups excluding carboxylic acids is 1. The molecule has 0 saturated heterocycles. The first-order valence-corrected chi connectivity index (χ1v) is 10.2. The molecule has 0 radical (unpaired) electrons. The van der Waals surface area contributed by atoms with Crippen molar-refractivity contribution < 1.29 is 9.21 Å². The fraction of sp³-hybridized carbons (Fsp3) is 0.381. The van der Waals surface area contributed by atoms with Crippen molar-refractivity contribution in [2.75, 3.05) is 11.4 Å². The average Bonchev–Trinajstić information content (AvgIpc) is 3.32. The lowest BCUT2D eigenvalue weighted by Crippen LogP contribution is -2.34. The maximum atomic E-state index is 12.1.